The molecule has 1 N–H and O–H groups in total. The Hall–Kier alpha value is -0.770. The summed E-state index contributed by atoms with van der Waals surface area (Å²) in [4.78, 5) is 13.4. The number of ether oxygens (including phenoxy) is 1. The van der Waals surface area contributed by atoms with Crippen LogP contribution in [0.4, 0.5) is 4.79 Å². The number of hydrogen-bond acceptors (Lipinski definition) is 3. The van der Waals surface area contributed by atoms with Crippen molar-refractivity contribution < 1.29 is 14.6 Å². The number of rotatable bonds is 2. The third kappa shape index (κ3) is 3.67. The minimum absolute atomic E-state index is 0.206. The number of nitrogens with zero attached hydrogens (tertiary/aromatic N) is 1. The fourth-order valence-corrected chi connectivity index (χ4v) is 1.98. The molecule has 0 aromatic heterocycles. The van der Waals surface area contributed by atoms with Gasteiger partial charge in [0.05, 0.1) is 12.6 Å². The van der Waals surface area contributed by atoms with E-state index in [2.05, 4.69) is 6.92 Å². The van der Waals surface area contributed by atoms with E-state index in [0.717, 1.165) is 12.8 Å². The molecule has 0 aromatic carbocycles. The summed E-state index contributed by atoms with van der Waals surface area (Å²) < 4.78 is 5.27. The van der Waals surface area contributed by atoms with Gasteiger partial charge in [0.25, 0.3) is 0 Å². The van der Waals surface area contributed by atoms with Gasteiger partial charge < -0.3 is 14.7 Å². The zero-order valence-electron chi connectivity index (χ0n) is 10.7. The molecule has 1 amide bonds. The van der Waals surface area contributed by atoms with Crippen LogP contribution >= 0.6 is 0 Å². The van der Waals surface area contributed by atoms with Crippen molar-refractivity contribution in [2.24, 2.45) is 5.92 Å². The molecule has 4 heteroatoms. The highest BCUT2D eigenvalue weighted by molar-refractivity contribution is 5.68. The van der Waals surface area contributed by atoms with Crippen LogP contribution in [0, 0.1) is 5.92 Å². The van der Waals surface area contributed by atoms with Gasteiger partial charge in [-0.15, -0.1) is 0 Å². The van der Waals surface area contributed by atoms with E-state index in [-0.39, 0.29) is 12.0 Å². The topological polar surface area (TPSA) is 49.8 Å². The molecule has 0 unspecified atom stereocenters. The smallest absolute Gasteiger partial charge is 0.410 e. The monoisotopic (exact) mass is 229 g/mol. The van der Waals surface area contributed by atoms with Crippen molar-refractivity contribution in [3.8, 4) is 0 Å². The number of likely N-dealkylation sites (tertiary alicyclic amines) is 1. The van der Waals surface area contributed by atoms with Gasteiger partial charge in [-0.2, -0.15) is 0 Å². The van der Waals surface area contributed by atoms with Crippen LogP contribution in [0.2, 0.25) is 0 Å². The van der Waals surface area contributed by atoms with Crippen LogP contribution in [0.25, 0.3) is 0 Å². The van der Waals surface area contributed by atoms with E-state index in [1.165, 1.54) is 0 Å². The second kappa shape index (κ2) is 5.04. The van der Waals surface area contributed by atoms with Gasteiger partial charge in [0.15, 0.2) is 0 Å². The molecule has 1 fully saturated rings. The Labute approximate surface area is 97.6 Å². The molecule has 1 aliphatic rings. The first kappa shape index (κ1) is 13.3. The van der Waals surface area contributed by atoms with Crippen molar-refractivity contribution in [3.63, 3.8) is 0 Å². The first-order chi connectivity index (χ1) is 7.33. The van der Waals surface area contributed by atoms with Crippen LogP contribution in [0.5, 0.6) is 0 Å². The lowest BCUT2D eigenvalue weighted by Gasteiger charge is -2.24. The number of carbonyl (C=O) groups excluding carboxylic acids is 1. The van der Waals surface area contributed by atoms with E-state index >= 15 is 0 Å². The maximum atomic E-state index is 11.7. The van der Waals surface area contributed by atoms with Gasteiger partial charge in [0.2, 0.25) is 0 Å². The van der Waals surface area contributed by atoms with Gasteiger partial charge in [0, 0.05) is 12.5 Å². The highest BCUT2D eigenvalue weighted by atomic mass is 16.6. The minimum Gasteiger partial charge on any atom is -0.444 e. The zero-order valence-corrected chi connectivity index (χ0v) is 10.7. The average molecular weight is 229 g/mol. The van der Waals surface area contributed by atoms with E-state index in [4.69, 9.17) is 4.74 Å². The van der Waals surface area contributed by atoms with E-state index in [9.17, 15) is 9.90 Å². The Morgan fingerprint density at radius 2 is 2.06 bits per heavy atom. The van der Waals surface area contributed by atoms with Crippen molar-refractivity contribution in [2.45, 2.75) is 52.2 Å². The Balaban J connectivity index is 2.48. The Kier molecular flexibility index (Phi) is 4.19. The molecule has 2 atom stereocenters. The summed E-state index contributed by atoms with van der Waals surface area (Å²) in [7, 11) is 0. The molecular weight excluding hydrogens is 206 g/mol. The summed E-state index contributed by atoms with van der Waals surface area (Å²) in [6, 6.07) is 0. The molecule has 1 heterocycles. The molecule has 0 aromatic rings. The number of aliphatic hydroxyl groups excluding tert-OH is 1. The largest absolute Gasteiger partial charge is 0.444 e. The van der Waals surface area contributed by atoms with Gasteiger partial charge in [-0.05, 0) is 27.2 Å². The standard InChI is InChI=1S/C12H23NO3/c1-5-6-9-7-13(8-10(9)14)11(15)16-12(2,3)4/h9-10,14H,5-8H2,1-4H3/t9-,10-/m1/s1. The van der Waals surface area contributed by atoms with E-state index < -0.39 is 11.7 Å². The second-order valence-electron chi connectivity index (χ2n) is 5.50. The molecule has 0 saturated carbocycles. The predicted octanol–water partition coefficient (Wildman–Crippen LogP) is 2.01. The molecule has 94 valence electrons. The maximum absolute atomic E-state index is 11.7. The SMILES string of the molecule is CCC[C@@H]1CN(C(=O)OC(C)(C)C)C[C@H]1O. The summed E-state index contributed by atoms with van der Waals surface area (Å²) in [5, 5.41) is 9.79. The predicted molar refractivity (Wildman–Crippen MR) is 62.2 cm³/mol. The highest BCUT2D eigenvalue weighted by Gasteiger charge is 2.35. The fraction of sp³-hybridized carbons (Fsp3) is 0.917. The van der Waals surface area contributed by atoms with E-state index in [0.29, 0.717) is 13.1 Å². The van der Waals surface area contributed by atoms with Gasteiger partial charge in [-0.3, -0.25) is 0 Å². The second-order valence-corrected chi connectivity index (χ2v) is 5.50. The van der Waals surface area contributed by atoms with Crippen LogP contribution in [-0.2, 0) is 4.74 Å². The lowest BCUT2D eigenvalue weighted by molar-refractivity contribution is 0.0269. The molecule has 0 aliphatic carbocycles. The Morgan fingerprint density at radius 1 is 1.44 bits per heavy atom. The van der Waals surface area contributed by atoms with Crippen molar-refractivity contribution in [1.29, 1.82) is 0 Å². The molecule has 0 bridgehead atoms. The highest BCUT2D eigenvalue weighted by Crippen LogP contribution is 2.23. The normalized spacial score (nSPS) is 25.9. The van der Waals surface area contributed by atoms with Gasteiger partial charge in [-0.1, -0.05) is 13.3 Å². The van der Waals surface area contributed by atoms with Crippen LogP contribution in [0.15, 0.2) is 0 Å². The third-order valence-corrected chi connectivity index (χ3v) is 2.72. The number of amides is 1. The molecule has 1 saturated heterocycles. The molecule has 0 spiro atoms. The molecule has 1 rings (SSSR count). The Morgan fingerprint density at radius 3 is 2.56 bits per heavy atom. The van der Waals surface area contributed by atoms with E-state index in [1.807, 2.05) is 20.8 Å². The minimum atomic E-state index is -0.467. The van der Waals surface area contributed by atoms with Crippen LogP contribution in [0.3, 0.4) is 0 Å². The summed E-state index contributed by atoms with van der Waals surface area (Å²) in [6.45, 7) is 8.65. The molecule has 16 heavy (non-hydrogen) atoms. The molecular formula is C12H23NO3. The van der Waals surface area contributed by atoms with Gasteiger partial charge in [0.1, 0.15) is 5.60 Å². The van der Waals surface area contributed by atoms with Crippen LogP contribution in [0.1, 0.15) is 40.5 Å². The first-order valence-corrected chi connectivity index (χ1v) is 5.99. The summed E-state index contributed by atoms with van der Waals surface area (Å²) in [5.41, 5.74) is -0.467. The lowest BCUT2D eigenvalue weighted by atomic mass is 10.0. The number of carbonyl (C=O) groups is 1. The summed E-state index contributed by atoms with van der Waals surface area (Å²) in [5.74, 6) is 0.206. The fourth-order valence-electron chi connectivity index (χ4n) is 1.98. The van der Waals surface area contributed by atoms with Gasteiger partial charge in [-0.25, -0.2) is 4.79 Å². The number of hydrogen-bond donors (Lipinski definition) is 1. The van der Waals surface area contributed by atoms with Crippen LogP contribution in [-0.4, -0.2) is 40.9 Å². The molecule has 4 nitrogen and oxygen atoms in total. The van der Waals surface area contributed by atoms with Crippen molar-refractivity contribution in [2.75, 3.05) is 13.1 Å². The third-order valence-electron chi connectivity index (χ3n) is 2.72. The maximum Gasteiger partial charge on any atom is 0.410 e. The van der Waals surface area contributed by atoms with Crippen molar-refractivity contribution in [3.05, 3.63) is 0 Å². The Bertz CT molecular complexity index is 247. The van der Waals surface area contributed by atoms with Crippen LogP contribution < -0.4 is 0 Å². The first-order valence-electron chi connectivity index (χ1n) is 5.99. The summed E-state index contributed by atoms with van der Waals surface area (Å²) in [6.07, 6.45) is 1.28. The molecule has 0 radical (unpaired) electrons. The van der Waals surface area contributed by atoms with Crippen molar-refractivity contribution >= 4 is 6.09 Å². The average Bonchev–Trinajstić information content (AvgIpc) is 2.46. The van der Waals surface area contributed by atoms with Crippen molar-refractivity contribution in [1.82, 2.24) is 4.90 Å². The number of β-amino-alcohol motifs (C(OH)–C–C–N with tert-alkyl or cyclic N) is 1. The summed E-state index contributed by atoms with van der Waals surface area (Å²) >= 11 is 0. The lowest BCUT2D eigenvalue weighted by Crippen LogP contribution is -2.35. The zero-order chi connectivity index (χ0) is 12.3. The number of aliphatic hydroxyl groups is 1. The van der Waals surface area contributed by atoms with Gasteiger partial charge >= 0.3 is 6.09 Å². The molecule has 1 aliphatic heterocycles. The quantitative estimate of drug-likeness (QED) is 0.788. The van der Waals surface area contributed by atoms with E-state index in [1.54, 1.807) is 4.90 Å².